The minimum Gasteiger partial charge on any atom is -0.486 e. The lowest BCUT2D eigenvalue weighted by molar-refractivity contribution is 0.0992. The summed E-state index contributed by atoms with van der Waals surface area (Å²) >= 11 is 4.18. The van der Waals surface area contributed by atoms with Crippen LogP contribution in [0.3, 0.4) is 0 Å². The van der Waals surface area contributed by atoms with Crippen LogP contribution in [0.4, 0.5) is 14.5 Å². The summed E-state index contributed by atoms with van der Waals surface area (Å²) in [7, 11) is 1.71. The number of furan rings is 1. The third-order valence-electron chi connectivity index (χ3n) is 5.97. The van der Waals surface area contributed by atoms with Gasteiger partial charge in [0.25, 0.3) is 18.2 Å². The van der Waals surface area contributed by atoms with Gasteiger partial charge in [-0.3, -0.25) is 14.3 Å². The number of carbonyl (C=O) groups is 2. The number of thiophene rings is 1. The zero-order chi connectivity index (χ0) is 27.8. The topological polar surface area (TPSA) is 125 Å². The summed E-state index contributed by atoms with van der Waals surface area (Å²) in [6, 6.07) is 11.5. The molecular formula is C26H20BrF2N5O4S. The second-order valence-corrected chi connectivity index (χ2v) is 10.4. The molecule has 0 atom stereocenters. The molecule has 4 heterocycles. The normalized spacial score (nSPS) is 11.3. The van der Waals surface area contributed by atoms with Gasteiger partial charge < -0.3 is 20.2 Å². The molecule has 5 aromatic rings. The van der Waals surface area contributed by atoms with E-state index in [1.54, 1.807) is 36.9 Å². The molecule has 0 aliphatic heterocycles. The number of alkyl halides is 2. The smallest absolute Gasteiger partial charge is 0.291 e. The van der Waals surface area contributed by atoms with E-state index in [0.717, 1.165) is 15.8 Å². The van der Waals surface area contributed by atoms with E-state index in [2.05, 4.69) is 31.3 Å². The zero-order valence-electron chi connectivity index (χ0n) is 20.5. The molecule has 2 amide bonds. The Balaban J connectivity index is 1.51. The van der Waals surface area contributed by atoms with Gasteiger partial charge >= 0.3 is 0 Å². The molecule has 200 valence electrons. The van der Waals surface area contributed by atoms with Crippen LogP contribution in [0.15, 0.2) is 57.6 Å². The number of halogens is 3. The van der Waals surface area contributed by atoms with Gasteiger partial charge in [-0.1, -0.05) is 15.9 Å². The predicted molar refractivity (Wildman–Crippen MR) is 145 cm³/mol. The van der Waals surface area contributed by atoms with Crippen molar-refractivity contribution in [1.82, 2.24) is 14.8 Å². The Morgan fingerprint density at radius 1 is 1.21 bits per heavy atom. The largest absolute Gasteiger partial charge is 0.486 e. The number of rotatable bonds is 8. The molecule has 9 nitrogen and oxygen atoms in total. The fourth-order valence-corrected chi connectivity index (χ4v) is 5.21. The predicted octanol–water partition coefficient (Wildman–Crippen LogP) is 6.23. The number of primary amides is 1. The lowest BCUT2D eigenvalue weighted by atomic mass is 10.0. The number of nitrogens with one attached hydrogen (secondary N) is 1. The van der Waals surface area contributed by atoms with Crippen LogP contribution in [0.1, 0.15) is 43.8 Å². The van der Waals surface area contributed by atoms with Gasteiger partial charge in [-0.15, -0.1) is 11.3 Å². The summed E-state index contributed by atoms with van der Waals surface area (Å²) < 4.78 is 41.3. The van der Waals surface area contributed by atoms with Crippen LogP contribution in [0.5, 0.6) is 5.75 Å². The fourth-order valence-electron chi connectivity index (χ4n) is 3.94. The minimum atomic E-state index is -2.86. The number of hydrogen-bond donors (Lipinski definition) is 2. The number of hydrogen-bond acceptors (Lipinski definition) is 7. The number of amides is 2. The van der Waals surface area contributed by atoms with Crippen molar-refractivity contribution < 1.29 is 27.5 Å². The van der Waals surface area contributed by atoms with Crippen molar-refractivity contribution >= 4 is 55.0 Å². The second kappa shape index (κ2) is 10.6. The van der Waals surface area contributed by atoms with E-state index in [1.807, 2.05) is 12.1 Å². The van der Waals surface area contributed by atoms with Crippen molar-refractivity contribution in [1.29, 1.82) is 0 Å². The number of carbonyl (C=O) groups excluding carboxylic acids is 2. The maximum Gasteiger partial charge on any atom is 0.291 e. The average molecular weight is 616 g/mol. The molecular weight excluding hydrogens is 596 g/mol. The molecule has 0 saturated heterocycles. The van der Waals surface area contributed by atoms with Crippen LogP contribution < -0.4 is 15.8 Å². The second-order valence-electron chi connectivity index (χ2n) is 8.48. The molecule has 0 aliphatic rings. The Labute approximate surface area is 232 Å². The van der Waals surface area contributed by atoms with Crippen LogP contribution in [0.25, 0.3) is 21.3 Å². The number of aromatic nitrogens is 3. The number of benzene rings is 1. The van der Waals surface area contributed by atoms with E-state index in [-0.39, 0.29) is 27.8 Å². The zero-order valence-corrected chi connectivity index (χ0v) is 22.9. The molecule has 13 heteroatoms. The maximum absolute atomic E-state index is 13.7. The van der Waals surface area contributed by atoms with Gasteiger partial charge in [-0.05, 0) is 55.0 Å². The highest BCUT2D eigenvalue weighted by Crippen LogP contribution is 2.43. The maximum atomic E-state index is 13.7. The number of aryl methyl sites for hydroxylation is 1. The summed E-state index contributed by atoms with van der Waals surface area (Å²) in [4.78, 5) is 29.7. The molecule has 0 unspecified atom stereocenters. The number of nitrogens with zero attached hydrogens (tertiary/aromatic N) is 3. The molecule has 5 rings (SSSR count). The van der Waals surface area contributed by atoms with E-state index in [1.165, 1.54) is 18.3 Å². The van der Waals surface area contributed by atoms with Crippen LogP contribution in [-0.4, -0.2) is 26.6 Å². The van der Waals surface area contributed by atoms with Gasteiger partial charge in [-0.25, -0.2) is 13.8 Å². The monoisotopic (exact) mass is 615 g/mol. The van der Waals surface area contributed by atoms with Crippen molar-refractivity contribution in [3.63, 3.8) is 0 Å². The van der Waals surface area contributed by atoms with E-state index in [9.17, 15) is 18.4 Å². The summed E-state index contributed by atoms with van der Waals surface area (Å²) in [5, 5.41) is 7.19. The quantitative estimate of drug-likeness (QED) is 0.213. The molecule has 4 aromatic heterocycles. The molecule has 0 spiro atoms. The van der Waals surface area contributed by atoms with Crippen molar-refractivity contribution in [2.45, 2.75) is 20.0 Å². The fraction of sp³-hybridized carbons (Fsp3) is 0.154. The lowest BCUT2D eigenvalue weighted by Gasteiger charge is -2.10. The molecule has 0 aliphatic carbocycles. The highest BCUT2D eigenvalue weighted by molar-refractivity contribution is 9.10. The highest BCUT2D eigenvalue weighted by Gasteiger charge is 2.27. The first-order valence-corrected chi connectivity index (χ1v) is 13.1. The first-order chi connectivity index (χ1) is 18.6. The standard InChI is InChI=1S/C26H20BrF2N5O4S/c1-12-17(10-31-34(12)2)16-9-18(23(28)29)32-26-20(16)21(22(39-26)24(30)35)33-25(36)19-8-7-15(38-19)11-37-14-5-3-13(27)4-6-14/h3-10,23H,11H2,1-2H3,(H2,30,35)(H,33,36). The van der Waals surface area contributed by atoms with Gasteiger partial charge in [-0.2, -0.15) is 5.10 Å². The van der Waals surface area contributed by atoms with Crippen LogP contribution in [0, 0.1) is 6.92 Å². The van der Waals surface area contributed by atoms with Crippen molar-refractivity contribution in [3.05, 3.63) is 80.9 Å². The summed E-state index contributed by atoms with van der Waals surface area (Å²) in [5.41, 5.74) is 6.76. The van der Waals surface area contributed by atoms with Gasteiger partial charge in [0.15, 0.2) is 5.76 Å². The number of fused-ring (bicyclic) bond motifs is 1. The number of pyridine rings is 1. The van der Waals surface area contributed by atoms with Crippen LogP contribution >= 0.6 is 27.3 Å². The molecule has 0 saturated carbocycles. The number of anilines is 1. The minimum absolute atomic E-state index is 0.0367. The highest BCUT2D eigenvalue weighted by atomic mass is 79.9. The van der Waals surface area contributed by atoms with Crippen molar-refractivity contribution in [2.24, 2.45) is 12.8 Å². The molecule has 1 aromatic carbocycles. The molecule has 39 heavy (non-hydrogen) atoms. The van der Waals surface area contributed by atoms with Crippen LogP contribution in [-0.2, 0) is 13.7 Å². The van der Waals surface area contributed by atoms with E-state index in [0.29, 0.717) is 33.7 Å². The number of nitrogens with two attached hydrogens (primary N) is 1. The summed E-state index contributed by atoms with van der Waals surface area (Å²) in [6.07, 6.45) is -1.33. The Morgan fingerprint density at radius 2 is 1.95 bits per heavy atom. The molecule has 0 fully saturated rings. The third kappa shape index (κ3) is 5.27. The summed E-state index contributed by atoms with van der Waals surface area (Å²) in [6.45, 7) is 1.85. The van der Waals surface area contributed by atoms with E-state index >= 15 is 0 Å². The molecule has 3 N–H and O–H groups in total. The third-order valence-corrected chi connectivity index (χ3v) is 7.60. The Bertz CT molecular complexity index is 1710. The molecule has 0 radical (unpaired) electrons. The first kappa shape index (κ1) is 26.5. The first-order valence-electron chi connectivity index (χ1n) is 11.4. The van der Waals surface area contributed by atoms with Gasteiger partial charge in [0.1, 0.15) is 33.5 Å². The SMILES string of the molecule is Cc1c(-c2cc(C(F)F)nc3sc(C(N)=O)c(NC(=O)c4ccc(COc5ccc(Br)cc5)o4)c23)cnn1C. The average Bonchev–Trinajstić information content (AvgIpc) is 3.61. The van der Waals surface area contributed by atoms with Gasteiger partial charge in [0.05, 0.1) is 11.9 Å². The Kier molecular flexibility index (Phi) is 7.19. The Morgan fingerprint density at radius 3 is 2.59 bits per heavy atom. The number of ether oxygens (including phenoxy) is 1. The van der Waals surface area contributed by atoms with E-state index in [4.69, 9.17) is 14.9 Å². The van der Waals surface area contributed by atoms with Crippen LogP contribution in [0.2, 0.25) is 0 Å². The van der Waals surface area contributed by atoms with Gasteiger partial charge in [0, 0.05) is 28.2 Å². The van der Waals surface area contributed by atoms with Gasteiger partial charge in [0.2, 0.25) is 0 Å². The van der Waals surface area contributed by atoms with Crippen molar-refractivity contribution in [3.8, 4) is 16.9 Å². The van der Waals surface area contributed by atoms with E-state index < -0.39 is 23.9 Å². The Hall–Kier alpha value is -4.10. The molecule has 0 bridgehead atoms. The lowest BCUT2D eigenvalue weighted by Crippen LogP contribution is -2.16. The van der Waals surface area contributed by atoms with Crippen molar-refractivity contribution in [2.75, 3.05) is 5.32 Å². The summed E-state index contributed by atoms with van der Waals surface area (Å²) in [5.74, 6) is -0.549.